The zero-order valence-corrected chi connectivity index (χ0v) is 17.8. The van der Waals surface area contributed by atoms with Crippen LogP contribution < -0.4 is 14.9 Å². The Labute approximate surface area is 180 Å². The molecule has 1 atom stereocenters. The average Bonchev–Trinajstić information content (AvgIpc) is 2.80. The van der Waals surface area contributed by atoms with Gasteiger partial charge in [-0.25, -0.2) is 4.79 Å². The van der Waals surface area contributed by atoms with E-state index >= 15 is 0 Å². The third-order valence-electron chi connectivity index (χ3n) is 5.62. The first kappa shape index (κ1) is 21.0. The van der Waals surface area contributed by atoms with E-state index in [9.17, 15) is 9.59 Å². The molecular weight excluding hydrogens is 396 g/mol. The van der Waals surface area contributed by atoms with Gasteiger partial charge in [-0.1, -0.05) is 24.6 Å². The first-order valence-electron chi connectivity index (χ1n) is 10.6. The molecule has 0 radical (unpaired) electrons. The maximum Gasteiger partial charge on any atom is 0.347 e. The van der Waals surface area contributed by atoms with E-state index in [-0.39, 0.29) is 17.5 Å². The van der Waals surface area contributed by atoms with E-state index in [2.05, 4.69) is 0 Å². The summed E-state index contributed by atoms with van der Waals surface area (Å²) in [5.74, 6) is 0.660. The lowest BCUT2D eigenvalue weighted by molar-refractivity contribution is -0.158. The molecule has 1 saturated carbocycles. The summed E-state index contributed by atoms with van der Waals surface area (Å²) in [4.78, 5) is 25.4. The molecule has 2 aromatic carbocycles. The van der Waals surface area contributed by atoms with Gasteiger partial charge in [-0.05, 0) is 50.8 Å². The maximum atomic E-state index is 13.0. The zero-order chi connectivity index (χ0) is 21.8. The van der Waals surface area contributed by atoms with E-state index in [1.165, 1.54) is 12.7 Å². The molecule has 0 saturated heterocycles. The molecule has 4 rings (SSSR count). The third kappa shape index (κ3) is 4.58. The predicted octanol–water partition coefficient (Wildman–Crippen LogP) is 5.11. The zero-order valence-electron chi connectivity index (χ0n) is 17.8. The van der Waals surface area contributed by atoms with Gasteiger partial charge < -0.3 is 18.6 Å². The summed E-state index contributed by atoms with van der Waals surface area (Å²) in [6.07, 6.45) is 5.85. The maximum absolute atomic E-state index is 13.0. The Bertz CT molecular complexity index is 1130. The van der Waals surface area contributed by atoms with E-state index in [1.807, 2.05) is 18.2 Å². The van der Waals surface area contributed by atoms with E-state index in [0.29, 0.717) is 33.6 Å². The standard InChI is InChI=1S/C25H26O6/c1-16(25(27)31-17-8-4-3-5-9-17)30-18-12-13-20-23(14-18)29-15-21(24(20)26)19-10-6-7-11-22(19)28-2/h6-7,10-17H,3-5,8-9H2,1-2H3/t16-/m0/s1. The number of hydrogen-bond acceptors (Lipinski definition) is 6. The van der Waals surface area contributed by atoms with Gasteiger partial charge >= 0.3 is 5.97 Å². The number of rotatable bonds is 6. The number of methoxy groups -OCH3 is 1. The number of carbonyl (C=O) groups excluding carboxylic acids is 1. The molecule has 3 aromatic rings. The molecular formula is C25H26O6. The molecule has 0 aliphatic heterocycles. The minimum absolute atomic E-state index is 0.0182. The molecule has 1 aliphatic carbocycles. The minimum atomic E-state index is -0.751. The van der Waals surface area contributed by atoms with Gasteiger partial charge in [-0.15, -0.1) is 0 Å². The van der Waals surface area contributed by atoms with Crippen molar-refractivity contribution in [3.63, 3.8) is 0 Å². The van der Waals surface area contributed by atoms with Gasteiger partial charge in [0.1, 0.15) is 29.4 Å². The monoisotopic (exact) mass is 422 g/mol. The highest BCUT2D eigenvalue weighted by Crippen LogP contribution is 2.29. The summed E-state index contributed by atoms with van der Waals surface area (Å²) in [5.41, 5.74) is 1.30. The van der Waals surface area contributed by atoms with Crippen LogP contribution in [0.3, 0.4) is 0 Å². The predicted molar refractivity (Wildman–Crippen MR) is 118 cm³/mol. The number of benzene rings is 2. The van der Waals surface area contributed by atoms with Crippen LogP contribution in [-0.4, -0.2) is 25.3 Å². The van der Waals surface area contributed by atoms with E-state index < -0.39 is 6.10 Å². The van der Waals surface area contributed by atoms with Crippen LogP contribution in [0.1, 0.15) is 39.0 Å². The summed E-state index contributed by atoms with van der Waals surface area (Å²) in [6, 6.07) is 12.2. The molecule has 0 bridgehead atoms. The van der Waals surface area contributed by atoms with Crippen LogP contribution in [0.2, 0.25) is 0 Å². The largest absolute Gasteiger partial charge is 0.496 e. The van der Waals surface area contributed by atoms with Crippen molar-refractivity contribution < 1.29 is 23.4 Å². The number of esters is 1. The van der Waals surface area contributed by atoms with Crippen LogP contribution >= 0.6 is 0 Å². The van der Waals surface area contributed by atoms with Gasteiger partial charge in [-0.2, -0.15) is 0 Å². The van der Waals surface area contributed by atoms with Gasteiger partial charge in [0, 0.05) is 11.6 Å². The lowest BCUT2D eigenvalue weighted by atomic mass is 9.98. The molecule has 162 valence electrons. The Morgan fingerprint density at radius 1 is 1.06 bits per heavy atom. The molecule has 1 aliphatic rings. The molecule has 0 spiro atoms. The topological polar surface area (TPSA) is 75.0 Å². The number of para-hydroxylation sites is 1. The van der Waals surface area contributed by atoms with E-state index in [4.69, 9.17) is 18.6 Å². The van der Waals surface area contributed by atoms with Crippen molar-refractivity contribution in [2.45, 2.75) is 51.2 Å². The first-order chi connectivity index (χ1) is 15.1. The molecule has 0 N–H and O–H groups in total. The molecule has 0 unspecified atom stereocenters. The highest BCUT2D eigenvalue weighted by atomic mass is 16.6. The fourth-order valence-corrected chi connectivity index (χ4v) is 3.93. The highest BCUT2D eigenvalue weighted by Gasteiger charge is 2.23. The second-order valence-electron chi connectivity index (χ2n) is 7.79. The van der Waals surface area contributed by atoms with Crippen molar-refractivity contribution in [1.82, 2.24) is 0 Å². The minimum Gasteiger partial charge on any atom is -0.496 e. The fraction of sp³-hybridized carbons (Fsp3) is 0.360. The van der Waals surface area contributed by atoms with Gasteiger partial charge in [0.15, 0.2) is 6.10 Å². The number of fused-ring (bicyclic) bond motifs is 1. The normalized spacial score (nSPS) is 15.4. The van der Waals surface area contributed by atoms with Crippen molar-refractivity contribution >= 4 is 16.9 Å². The molecule has 1 aromatic heterocycles. The van der Waals surface area contributed by atoms with Crippen LogP contribution in [-0.2, 0) is 9.53 Å². The Hall–Kier alpha value is -3.28. The van der Waals surface area contributed by atoms with Crippen LogP contribution in [0.25, 0.3) is 22.1 Å². The SMILES string of the molecule is COc1ccccc1-c1coc2cc(O[C@@H](C)C(=O)OC3CCCCC3)ccc2c1=O. The van der Waals surface area contributed by atoms with Crippen LogP contribution in [0.4, 0.5) is 0 Å². The van der Waals surface area contributed by atoms with Crippen molar-refractivity contribution in [2.24, 2.45) is 0 Å². The fourth-order valence-electron chi connectivity index (χ4n) is 3.93. The van der Waals surface area contributed by atoms with Gasteiger partial charge in [-0.3, -0.25) is 4.79 Å². The van der Waals surface area contributed by atoms with Crippen molar-refractivity contribution in [3.05, 3.63) is 59.0 Å². The summed E-state index contributed by atoms with van der Waals surface area (Å²) < 4.78 is 22.4. The average molecular weight is 422 g/mol. The number of hydrogen-bond donors (Lipinski definition) is 0. The third-order valence-corrected chi connectivity index (χ3v) is 5.62. The van der Waals surface area contributed by atoms with E-state index in [1.54, 1.807) is 38.3 Å². The molecule has 1 heterocycles. The van der Waals surface area contributed by atoms with Crippen LogP contribution in [0.5, 0.6) is 11.5 Å². The van der Waals surface area contributed by atoms with Crippen molar-refractivity contribution in [2.75, 3.05) is 7.11 Å². The summed E-state index contributed by atoms with van der Waals surface area (Å²) >= 11 is 0. The van der Waals surface area contributed by atoms with Gasteiger partial charge in [0.05, 0.1) is 18.1 Å². The highest BCUT2D eigenvalue weighted by molar-refractivity contribution is 5.84. The lowest BCUT2D eigenvalue weighted by Crippen LogP contribution is -2.31. The molecule has 1 fully saturated rings. The Morgan fingerprint density at radius 3 is 2.61 bits per heavy atom. The smallest absolute Gasteiger partial charge is 0.347 e. The van der Waals surface area contributed by atoms with Crippen molar-refractivity contribution in [1.29, 1.82) is 0 Å². The quantitative estimate of drug-likeness (QED) is 0.514. The Kier molecular flexibility index (Phi) is 6.26. The van der Waals surface area contributed by atoms with Gasteiger partial charge in [0.25, 0.3) is 0 Å². The van der Waals surface area contributed by atoms with Crippen molar-refractivity contribution in [3.8, 4) is 22.6 Å². The first-order valence-corrected chi connectivity index (χ1v) is 10.6. The molecule has 0 amide bonds. The number of carbonyl (C=O) groups is 1. The van der Waals surface area contributed by atoms with Crippen LogP contribution in [0.15, 0.2) is 57.9 Å². The second kappa shape index (κ2) is 9.25. The number of ether oxygens (including phenoxy) is 3. The van der Waals surface area contributed by atoms with E-state index in [0.717, 1.165) is 25.7 Å². The molecule has 6 nitrogen and oxygen atoms in total. The summed E-state index contributed by atoms with van der Waals surface area (Å²) in [6.45, 7) is 1.66. The van der Waals surface area contributed by atoms with Gasteiger partial charge in [0.2, 0.25) is 5.43 Å². The Morgan fingerprint density at radius 2 is 1.84 bits per heavy atom. The lowest BCUT2D eigenvalue weighted by Gasteiger charge is -2.23. The summed E-state index contributed by atoms with van der Waals surface area (Å²) in [7, 11) is 1.56. The molecule has 6 heteroatoms. The Balaban J connectivity index is 1.53. The van der Waals surface area contributed by atoms with Crippen LogP contribution in [0, 0.1) is 0 Å². The molecule has 31 heavy (non-hydrogen) atoms. The second-order valence-corrected chi connectivity index (χ2v) is 7.79. The summed E-state index contributed by atoms with van der Waals surface area (Å²) in [5, 5.41) is 0.424.